The fourth-order valence-electron chi connectivity index (χ4n) is 5.23. The van der Waals surface area contributed by atoms with Crippen molar-refractivity contribution in [3.63, 3.8) is 0 Å². The van der Waals surface area contributed by atoms with Gasteiger partial charge in [-0.15, -0.1) is 0 Å². The van der Waals surface area contributed by atoms with Crippen LogP contribution < -0.4 is 10.1 Å². The van der Waals surface area contributed by atoms with Gasteiger partial charge in [-0.05, 0) is 52.8 Å². The zero-order valence-electron chi connectivity index (χ0n) is 23.3. The fraction of sp³-hybridized carbons (Fsp3) is 0.441. The number of unbranched alkanes of at least 4 members (excludes halogenated alkanes) is 6. The second-order valence-electron chi connectivity index (χ2n) is 10.2. The topological polar surface area (TPSA) is 56.8 Å². The molecule has 0 unspecified atom stereocenters. The van der Waals surface area contributed by atoms with Crippen LogP contribution in [0.15, 0.2) is 72.8 Å². The zero-order valence-corrected chi connectivity index (χ0v) is 23.3. The Morgan fingerprint density at radius 1 is 0.744 bits per heavy atom. The smallest absolute Gasteiger partial charge is 0.407 e. The molecule has 39 heavy (non-hydrogen) atoms. The summed E-state index contributed by atoms with van der Waals surface area (Å²) in [5.74, 6) is 0.921. The zero-order chi connectivity index (χ0) is 27.1. The van der Waals surface area contributed by atoms with Crippen molar-refractivity contribution in [3.8, 4) is 16.9 Å². The highest BCUT2D eigenvalue weighted by molar-refractivity contribution is 5.79. The third-order valence-electron chi connectivity index (χ3n) is 7.35. The van der Waals surface area contributed by atoms with Crippen molar-refractivity contribution in [2.45, 2.75) is 64.2 Å². The summed E-state index contributed by atoms with van der Waals surface area (Å²) in [6.07, 6.45) is 10.0. The Bertz CT molecular complexity index is 1100. The van der Waals surface area contributed by atoms with Gasteiger partial charge < -0.3 is 19.5 Å². The van der Waals surface area contributed by atoms with Crippen LogP contribution in [0.2, 0.25) is 0 Å². The summed E-state index contributed by atoms with van der Waals surface area (Å²) in [6.45, 7) is 4.31. The van der Waals surface area contributed by atoms with Crippen molar-refractivity contribution in [1.82, 2.24) is 5.32 Å². The molecule has 1 amide bonds. The van der Waals surface area contributed by atoms with Gasteiger partial charge in [0.15, 0.2) is 0 Å². The molecule has 0 radical (unpaired) electrons. The average Bonchev–Trinajstić information content (AvgIpc) is 3.29. The first-order valence-corrected chi connectivity index (χ1v) is 14.6. The first-order valence-electron chi connectivity index (χ1n) is 14.6. The van der Waals surface area contributed by atoms with Crippen LogP contribution in [0.5, 0.6) is 5.75 Å². The summed E-state index contributed by atoms with van der Waals surface area (Å²) in [5.41, 5.74) is 6.22. The number of ether oxygens (including phenoxy) is 3. The van der Waals surface area contributed by atoms with Crippen LogP contribution >= 0.6 is 0 Å². The average molecular weight is 530 g/mol. The molecule has 1 aliphatic carbocycles. The summed E-state index contributed by atoms with van der Waals surface area (Å²) < 4.78 is 16.9. The Labute approximate surface area is 233 Å². The van der Waals surface area contributed by atoms with E-state index in [-0.39, 0.29) is 5.92 Å². The predicted octanol–water partition coefficient (Wildman–Crippen LogP) is 7.91. The Balaban J connectivity index is 1.03. The van der Waals surface area contributed by atoms with Gasteiger partial charge in [-0.25, -0.2) is 4.79 Å². The second-order valence-corrected chi connectivity index (χ2v) is 10.2. The number of alkyl carbamates (subject to hydrolysis) is 1. The highest BCUT2D eigenvalue weighted by atomic mass is 16.6. The molecule has 3 aromatic rings. The van der Waals surface area contributed by atoms with Gasteiger partial charge in [-0.3, -0.25) is 0 Å². The van der Waals surface area contributed by atoms with Gasteiger partial charge in [-0.1, -0.05) is 106 Å². The van der Waals surface area contributed by atoms with E-state index in [0.717, 1.165) is 12.2 Å². The number of benzene rings is 3. The molecule has 3 aromatic carbocycles. The molecule has 1 aliphatic rings. The van der Waals surface area contributed by atoms with E-state index in [1.54, 1.807) is 0 Å². The molecule has 5 nitrogen and oxygen atoms in total. The number of rotatable bonds is 17. The molecule has 0 aromatic heterocycles. The van der Waals surface area contributed by atoms with Crippen LogP contribution in [-0.2, 0) is 15.9 Å². The summed E-state index contributed by atoms with van der Waals surface area (Å²) in [6, 6.07) is 25.0. The van der Waals surface area contributed by atoms with Gasteiger partial charge >= 0.3 is 6.09 Å². The van der Waals surface area contributed by atoms with Crippen molar-refractivity contribution in [2.75, 3.05) is 33.0 Å². The summed E-state index contributed by atoms with van der Waals surface area (Å²) in [7, 11) is 0. The number of fused-ring (bicyclic) bond motifs is 3. The molecule has 0 spiro atoms. The Morgan fingerprint density at radius 2 is 1.38 bits per heavy atom. The minimum atomic E-state index is -0.423. The van der Waals surface area contributed by atoms with E-state index in [1.807, 2.05) is 36.4 Å². The van der Waals surface area contributed by atoms with Gasteiger partial charge in [-0.2, -0.15) is 0 Å². The van der Waals surface area contributed by atoms with Gasteiger partial charge in [0.05, 0.1) is 13.2 Å². The highest BCUT2D eigenvalue weighted by Crippen LogP contribution is 2.44. The molecule has 0 aliphatic heterocycles. The lowest BCUT2D eigenvalue weighted by atomic mass is 9.98. The minimum Gasteiger partial charge on any atom is -0.491 e. The quantitative estimate of drug-likeness (QED) is 0.181. The SMILES string of the molecule is CCCCCCCCCc1ccc(OCCOCCNC(=O)OCC2c3ccccc3-c3ccccc32)cc1. The summed E-state index contributed by atoms with van der Waals surface area (Å²) >= 11 is 0. The van der Waals surface area contributed by atoms with Crippen LogP contribution in [0, 0.1) is 0 Å². The van der Waals surface area contributed by atoms with Crippen molar-refractivity contribution in [1.29, 1.82) is 0 Å². The van der Waals surface area contributed by atoms with E-state index >= 15 is 0 Å². The van der Waals surface area contributed by atoms with Gasteiger partial charge in [0, 0.05) is 12.5 Å². The first-order chi connectivity index (χ1) is 19.3. The number of nitrogens with one attached hydrogen (secondary N) is 1. The summed E-state index contributed by atoms with van der Waals surface area (Å²) in [4.78, 5) is 12.2. The molecular formula is C34H43NO4. The molecule has 0 saturated carbocycles. The maximum absolute atomic E-state index is 12.2. The second kappa shape index (κ2) is 15.9. The first kappa shape index (κ1) is 28.7. The number of carbonyl (C=O) groups excluding carboxylic acids is 1. The molecule has 5 heteroatoms. The molecule has 0 heterocycles. The van der Waals surface area contributed by atoms with E-state index in [1.165, 1.54) is 72.8 Å². The van der Waals surface area contributed by atoms with Gasteiger partial charge in [0.2, 0.25) is 0 Å². The monoisotopic (exact) mass is 529 g/mol. The Morgan fingerprint density at radius 3 is 2.08 bits per heavy atom. The number of amides is 1. The number of aryl methyl sites for hydroxylation is 1. The van der Waals surface area contributed by atoms with Crippen molar-refractivity contribution in [2.24, 2.45) is 0 Å². The van der Waals surface area contributed by atoms with Gasteiger partial charge in [0.25, 0.3) is 0 Å². The van der Waals surface area contributed by atoms with Crippen LogP contribution in [0.4, 0.5) is 4.79 Å². The number of hydrogen-bond acceptors (Lipinski definition) is 4. The lowest BCUT2D eigenvalue weighted by molar-refractivity contribution is 0.0972. The highest BCUT2D eigenvalue weighted by Gasteiger charge is 2.28. The lowest BCUT2D eigenvalue weighted by Crippen LogP contribution is -2.29. The Hall–Kier alpha value is -3.31. The molecular weight excluding hydrogens is 486 g/mol. The molecule has 0 saturated heterocycles. The normalized spacial score (nSPS) is 12.1. The van der Waals surface area contributed by atoms with Crippen molar-refractivity contribution < 1.29 is 19.0 Å². The van der Waals surface area contributed by atoms with Crippen molar-refractivity contribution >= 4 is 6.09 Å². The third kappa shape index (κ3) is 8.86. The molecule has 4 rings (SSSR count). The molecule has 0 atom stereocenters. The molecule has 208 valence electrons. The maximum atomic E-state index is 12.2. The van der Waals surface area contributed by atoms with Crippen LogP contribution in [0.1, 0.15) is 74.5 Å². The molecule has 1 N–H and O–H groups in total. The van der Waals surface area contributed by atoms with Crippen LogP contribution in [-0.4, -0.2) is 39.1 Å². The van der Waals surface area contributed by atoms with E-state index in [9.17, 15) is 4.79 Å². The van der Waals surface area contributed by atoms with Gasteiger partial charge in [0.1, 0.15) is 19.0 Å². The van der Waals surface area contributed by atoms with E-state index in [2.05, 4.69) is 48.6 Å². The standard InChI is InChI=1S/C34H43NO4/c1-2-3-4-5-6-7-8-13-27-18-20-28(21-19-27)38-25-24-37-23-22-35-34(36)39-26-33-31-16-11-9-14-29(31)30-15-10-12-17-32(30)33/h9-12,14-21,33H,2-8,13,22-26H2,1H3,(H,35,36). The lowest BCUT2D eigenvalue weighted by Gasteiger charge is -2.14. The largest absolute Gasteiger partial charge is 0.491 e. The molecule has 0 fully saturated rings. The van der Waals surface area contributed by atoms with E-state index in [4.69, 9.17) is 14.2 Å². The Kier molecular flexibility index (Phi) is 11.7. The van der Waals surface area contributed by atoms with Crippen molar-refractivity contribution in [3.05, 3.63) is 89.5 Å². The maximum Gasteiger partial charge on any atom is 0.407 e. The number of carbonyl (C=O) groups is 1. The van der Waals surface area contributed by atoms with Crippen LogP contribution in [0.3, 0.4) is 0 Å². The van der Waals surface area contributed by atoms with E-state index < -0.39 is 6.09 Å². The molecule has 0 bridgehead atoms. The van der Waals surface area contributed by atoms with E-state index in [0.29, 0.717) is 33.0 Å². The summed E-state index contributed by atoms with van der Waals surface area (Å²) in [5, 5.41) is 2.78. The van der Waals surface area contributed by atoms with Crippen LogP contribution in [0.25, 0.3) is 11.1 Å². The third-order valence-corrected chi connectivity index (χ3v) is 7.35. The number of hydrogen-bond donors (Lipinski definition) is 1. The fourth-order valence-corrected chi connectivity index (χ4v) is 5.23. The predicted molar refractivity (Wildman–Crippen MR) is 158 cm³/mol. The minimum absolute atomic E-state index is 0.0611.